The molecular formula is C16H12N6O4S. The highest BCUT2D eigenvalue weighted by molar-refractivity contribution is 7.19. The minimum atomic E-state index is -0.696. The Labute approximate surface area is 155 Å². The van der Waals surface area contributed by atoms with E-state index in [-0.39, 0.29) is 5.76 Å². The van der Waals surface area contributed by atoms with Gasteiger partial charge >= 0.3 is 5.88 Å². The third-order valence-corrected chi connectivity index (χ3v) is 4.81. The van der Waals surface area contributed by atoms with Gasteiger partial charge in [-0.1, -0.05) is 11.3 Å². The Balaban J connectivity index is 1.57. The average Bonchev–Trinajstić information content (AvgIpc) is 3.34. The molecule has 0 saturated carbocycles. The summed E-state index contributed by atoms with van der Waals surface area (Å²) in [5.41, 5.74) is 2.26. The van der Waals surface area contributed by atoms with Crippen molar-refractivity contribution in [2.45, 2.75) is 13.8 Å². The Morgan fingerprint density at radius 1 is 1.26 bits per heavy atom. The minimum absolute atomic E-state index is 0.130. The van der Waals surface area contributed by atoms with Crippen molar-refractivity contribution < 1.29 is 14.1 Å². The van der Waals surface area contributed by atoms with Crippen LogP contribution in [0.3, 0.4) is 0 Å². The van der Waals surface area contributed by atoms with E-state index in [2.05, 4.69) is 20.6 Å². The first-order valence-electron chi connectivity index (χ1n) is 7.78. The quantitative estimate of drug-likeness (QED) is 0.422. The maximum absolute atomic E-state index is 12.2. The van der Waals surface area contributed by atoms with Crippen LogP contribution in [-0.4, -0.2) is 30.6 Å². The molecule has 4 aromatic rings. The van der Waals surface area contributed by atoms with Gasteiger partial charge in [0.25, 0.3) is 5.91 Å². The standard InChI is InChI=1S/C16H12N6O4S/c1-8-7-10(15-20-21-9(2)18-19-16(21)27-15)3-4-11(8)17-14(23)12-5-6-13(26-12)22(24)25/h3-7H,1-2H3,(H,17,23). The van der Waals surface area contributed by atoms with Crippen LogP contribution < -0.4 is 5.32 Å². The zero-order valence-corrected chi connectivity index (χ0v) is 15.0. The van der Waals surface area contributed by atoms with E-state index in [0.717, 1.165) is 22.2 Å². The van der Waals surface area contributed by atoms with Crippen molar-refractivity contribution in [2.24, 2.45) is 0 Å². The highest BCUT2D eigenvalue weighted by atomic mass is 32.1. The molecule has 0 fully saturated rings. The lowest BCUT2D eigenvalue weighted by Crippen LogP contribution is -2.11. The second-order valence-corrected chi connectivity index (χ2v) is 6.68. The lowest BCUT2D eigenvalue weighted by molar-refractivity contribution is -0.402. The number of carbonyl (C=O) groups is 1. The number of benzene rings is 1. The third-order valence-electron chi connectivity index (χ3n) is 3.86. The van der Waals surface area contributed by atoms with Crippen LogP contribution in [0.2, 0.25) is 0 Å². The predicted octanol–water partition coefficient (Wildman–Crippen LogP) is 3.22. The maximum Gasteiger partial charge on any atom is 0.433 e. The van der Waals surface area contributed by atoms with Crippen molar-refractivity contribution in [3.05, 3.63) is 57.6 Å². The number of nitrogens with one attached hydrogen (secondary N) is 1. The molecule has 11 heteroatoms. The number of rotatable bonds is 4. The second-order valence-electron chi connectivity index (χ2n) is 5.73. The summed E-state index contributed by atoms with van der Waals surface area (Å²) in [6, 6.07) is 7.87. The van der Waals surface area contributed by atoms with E-state index < -0.39 is 16.7 Å². The van der Waals surface area contributed by atoms with Gasteiger partial charge in [-0.25, -0.2) is 0 Å². The Hall–Kier alpha value is -3.60. The van der Waals surface area contributed by atoms with Crippen molar-refractivity contribution in [3.63, 3.8) is 0 Å². The first kappa shape index (κ1) is 16.8. The molecule has 4 rings (SSSR count). The summed E-state index contributed by atoms with van der Waals surface area (Å²) in [5, 5.41) is 26.6. The topological polar surface area (TPSA) is 128 Å². The zero-order chi connectivity index (χ0) is 19.1. The van der Waals surface area contributed by atoms with Crippen LogP contribution in [0.1, 0.15) is 21.9 Å². The lowest BCUT2D eigenvalue weighted by Gasteiger charge is -2.08. The van der Waals surface area contributed by atoms with Crippen LogP contribution >= 0.6 is 11.3 Å². The molecule has 0 saturated heterocycles. The van der Waals surface area contributed by atoms with E-state index in [1.165, 1.54) is 17.4 Å². The Kier molecular flexibility index (Phi) is 3.92. The number of hydrogen-bond donors (Lipinski definition) is 1. The van der Waals surface area contributed by atoms with Gasteiger partial charge in [-0.2, -0.15) is 9.61 Å². The van der Waals surface area contributed by atoms with Crippen LogP contribution in [0.4, 0.5) is 11.6 Å². The Bertz CT molecular complexity index is 1190. The zero-order valence-electron chi connectivity index (χ0n) is 14.2. The van der Waals surface area contributed by atoms with Crippen LogP contribution in [-0.2, 0) is 0 Å². The number of carbonyl (C=O) groups excluding carboxylic acids is 1. The number of nitro groups is 1. The molecule has 0 bridgehead atoms. The molecule has 0 spiro atoms. The molecule has 0 aliphatic rings. The number of aromatic nitrogens is 4. The van der Waals surface area contributed by atoms with Crippen LogP contribution in [0.15, 0.2) is 34.7 Å². The molecule has 0 aliphatic carbocycles. The maximum atomic E-state index is 12.2. The van der Waals surface area contributed by atoms with Crippen molar-refractivity contribution in [1.82, 2.24) is 19.8 Å². The molecule has 1 aromatic carbocycles. The van der Waals surface area contributed by atoms with E-state index in [4.69, 9.17) is 4.42 Å². The fourth-order valence-corrected chi connectivity index (χ4v) is 3.38. The summed E-state index contributed by atoms with van der Waals surface area (Å²) in [5.74, 6) is -0.464. The first-order chi connectivity index (χ1) is 12.9. The molecule has 27 heavy (non-hydrogen) atoms. The predicted molar refractivity (Wildman–Crippen MR) is 96.9 cm³/mol. The summed E-state index contributed by atoms with van der Waals surface area (Å²) in [7, 11) is 0. The molecule has 3 heterocycles. The molecule has 1 N–H and O–H groups in total. The number of furan rings is 1. The Morgan fingerprint density at radius 2 is 2.07 bits per heavy atom. The van der Waals surface area contributed by atoms with Crippen molar-refractivity contribution >= 4 is 33.8 Å². The monoisotopic (exact) mass is 384 g/mol. The van der Waals surface area contributed by atoms with Crippen LogP contribution in [0.25, 0.3) is 15.5 Å². The SMILES string of the molecule is Cc1cc(-c2nn3c(C)nnc3s2)ccc1NC(=O)c1ccc([N+](=O)[O-])o1. The number of anilines is 1. The fourth-order valence-electron chi connectivity index (χ4n) is 2.50. The number of nitrogens with zero attached hydrogens (tertiary/aromatic N) is 5. The molecule has 10 nitrogen and oxygen atoms in total. The number of hydrogen-bond acceptors (Lipinski definition) is 8. The van der Waals surface area contributed by atoms with Crippen LogP contribution in [0.5, 0.6) is 0 Å². The number of fused-ring (bicyclic) bond motifs is 1. The minimum Gasteiger partial charge on any atom is -0.395 e. The molecule has 136 valence electrons. The molecule has 0 radical (unpaired) electrons. The van der Waals surface area contributed by atoms with E-state index in [0.29, 0.717) is 16.5 Å². The normalized spacial score (nSPS) is 11.0. The van der Waals surface area contributed by atoms with Gasteiger partial charge in [0.1, 0.15) is 9.93 Å². The fraction of sp³-hybridized carbons (Fsp3) is 0.125. The van der Waals surface area contributed by atoms with Gasteiger partial charge in [-0.15, -0.1) is 10.2 Å². The highest BCUT2D eigenvalue weighted by Gasteiger charge is 2.18. The van der Waals surface area contributed by atoms with Crippen molar-refractivity contribution in [1.29, 1.82) is 0 Å². The number of aryl methyl sites for hydroxylation is 2. The smallest absolute Gasteiger partial charge is 0.395 e. The van der Waals surface area contributed by atoms with Gasteiger partial charge in [-0.05, 0) is 43.7 Å². The van der Waals surface area contributed by atoms with Gasteiger partial charge in [0.2, 0.25) is 4.96 Å². The second kappa shape index (κ2) is 6.29. The third kappa shape index (κ3) is 3.04. The summed E-state index contributed by atoms with van der Waals surface area (Å²) in [6.45, 7) is 3.67. The van der Waals surface area contributed by atoms with E-state index in [9.17, 15) is 14.9 Å². The molecule has 0 aliphatic heterocycles. The van der Waals surface area contributed by atoms with E-state index in [1.807, 2.05) is 26.0 Å². The largest absolute Gasteiger partial charge is 0.433 e. The Morgan fingerprint density at radius 3 is 2.74 bits per heavy atom. The van der Waals surface area contributed by atoms with Gasteiger partial charge in [0, 0.05) is 11.3 Å². The van der Waals surface area contributed by atoms with Crippen LogP contribution in [0, 0.1) is 24.0 Å². The molecule has 0 unspecified atom stereocenters. The van der Waals surface area contributed by atoms with Crippen molar-refractivity contribution in [3.8, 4) is 10.6 Å². The summed E-state index contributed by atoms with van der Waals surface area (Å²) in [4.78, 5) is 22.9. The van der Waals surface area contributed by atoms with E-state index in [1.54, 1.807) is 10.6 Å². The average molecular weight is 384 g/mol. The van der Waals surface area contributed by atoms with Gasteiger partial charge < -0.3 is 9.73 Å². The summed E-state index contributed by atoms with van der Waals surface area (Å²) >= 11 is 1.41. The first-order valence-corrected chi connectivity index (χ1v) is 8.59. The summed E-state index contributed by atoms with van der Waals surface area (Å²) in [6.07, 6.45) is 0. The molecule has 3 aromatic heterocycles. The van der Waals surface area contributed by atoms with Gasteiger partial charge in [-0.3, -0.25) is 14.9 Å². The van der Waals surface area contributed by atoms with E-state index >= 15 is 0 Å². The summed E-state index contributed by atoms with van der Waals surface area (Å²) < 4.78 is 6.59. The molecule has 1 amide bonds. The highest BCUT2D eigenvalue weighted by Crippen LogP contribution is 2.29. The number of amides is 1. The lowest BCUT2D eigenvalue weighted by atomic mass is 10.1. The van der Waals surface area contributed by atoms with Gasteiger partial charge in [0.05, 0.1) is 6.07 Å². The molecule has 0 atom stereocenters. The molecular weight excluding hydrogens is 372 g/mol. The van der Waals surface area contributed by atoms with Gasteiger partial charge in [0.15, 0.2) is 11.6 Å². The van der Waals surface area contributed by atoms with Crippen molar-refractivity contribution in [2.75, 3.05) is 5.32 Å².